The van der Waals surface area contributed by atoms with E-state index >= 15 is 0 Å². The zero-order chi connectivity index (χ0) is 31.2. The second-order valence-corrected chi connectivity index (χ2v) is 10.6. The maximum absolute atomic E-state index is 14.0. The smallest absolute Gasteiger partial charge is 0.336 e. The molecule has 0 amide bonds. The number of hydrogen-bond donors (Lipinski definition) is 2. The van der Waals surface area contributed by atoms with Crippen molar-refractivity contribution in [1.82, 2.24) is 5.32 Å². The molecule has 2 N–H and O–H groups in total. The van der Waals surface area contributed by atoms with Gasteiger partial charge in [-0.25, -0.2) is 4.79 Å². The van der Waals surface area contributed by atoms with Gasteiger partial charge in [0.2, 0.25) is 0 Å². The summed E-state index contributed by atoms with van der Waals surface area (Å²) in [5.74, 6) is 0.680. The Bertz CT molecular complexity index is 1590. The zero-order valence-corrected chi connectivity index (χ0v) is 25.3. The van der Waals surface area contributed by atoms with Gasteiger partial charge in [-0.15, -0.1) is 0 Å². The molecule has 9 nitrogen and oxygen atoms in total. The Morgan fingerprint density at radius 1 is 0.886 bits per heavy atom. The third-order valence-electron chi connectivity index (χ3n) is 7.87. The molecule has 3 aromatic carbocycles. The fourth-order valence-corrected chi connectivity index (χ4v) is 5.86. The minimum absolute atomic E-state index is 0.0230. The van der Waals surface area contributed by atoms with Crippen molar-refractivity contribution < 1.29 is 38.4 Å². The number of dihydropyridines is 1. The Hall–Kier alpha value is -4.92. The molecular weight excluding hydrogens is 562 g/mol. The lowest BCUT2D eigenvalue weighted by atomic mass is 9.71. The van der Waals surface area contributed by atoms with Crippen molar-refractivity contribution in [3.63, 3.8) is 0 Å². The molecule has 0 saturated heterocycles. The van der Waals surface area contributed by atoms with E-state index in [1.807, 2.05) is 62.4 Å². The molecule has 0 saturated carbocycles. The van der Waals surface area contributed by atoms with Crippen molar-refractivity contribution in [1.29, 1.82) is 0 Å². The van der Waals surface area contributed by atoms with Gasteiger partial charge in [-0.3, -0.25) is 4.79 Å². The number of esters is 1. The molecular formula is C35H37NO8. The number of nitrogens with one attached hydrogen (secondary N) is 1. The number of phenols is 1. The number of methoxy groups -OCH3 is 2. The van der Waals surface area contributed by atoms with Crippen molar-refractivity contribution in [2.75, 3.05) is 34.0 Å². The van der Waals surface area contributed by atoms with Crippen LogP contribution in [0.3, 0.4) is 0 Å². The summed E-state index contributed by atoms with van der Waals surface area (Å²) < 4.78 is 27.9. The van der Waals surface area contributed by atoms with E-state index in [1.165, 1.54) is 6.07 Å². The highest BCUT2D eigenvalue weighted by molar-refractivity contribution is 6.04. The van der Waals surface area contributed by atoms with E-state index in [9.17, 15) is 14.7 Å². The maximum Gasteiger partial charge on any atom is 0.336 e. The molecule has 5 rings (SSSR count). The monoisotopic (exact) mass is 599 g/mol. The number of carbonyl (C=O) groups excluding carboxylic acids is 2. The quantitative estimate of drug-likeness (QED) is 0.209. The summed E-state index contributed by atoms with van der Waals surface area (Å²) in [6, 6.07) is 19.9. The molecule has 1 aliphatic carbocycles. The lowest BCUT2D eigenvalue weighted by Crippen LogP contribution is -2.36. The number of aromatic hydroxyl groups is 1. The van der Waals surface area contributed by atoms with E-state index in [4.69, 9.17) is 23.7 Å². The van der Waals surface area contributed by atoms with Crippen molar-refractivity contribution in [3.05, 3.63) is 100 Å². The topological polar surface area (TPSA) is 113 Å². The largest absolute Gasteiger partial charge is 0.504 e. The van der Waals surface area contributed by atoms with Crippen LogP contribution >= 0.6 is 0 Å². The lowest BCUT2D eigenvalue weighted by molar-refractivity contribution is -0.140. The van der Waals surface area contributed by atoms with Crippen LogP contribution in [0.4, 0.5) is 0 Å². The first-order valence-electron chi connectivity index (χ1n) is 14.6. The molecule has 0 aromatic heterocycles. The van der Waals surface area contributed by atoms with Gasteiger partial charge < -0.3 is 34.1 Å². The average Bonchev–Trinajstić information content (AvgIpc) is 3.03. The van der Waals surface area contributed by atoms with Crippen LogP contribution < -0.4 is 24.3 Å². The first-order valence-corrected chi connectivity index (χ1v) is 14.6. The van der Waals surface area contributed by atoms with Gasteiger partial charge in [-0.1, -0.05) is 30.3 Å². The highest BCUT2D eigenvalue weighted by atomic mass is 16.6. The number of para-hydroxylation sites is 1. The van der Waals surface area contributed by atoms with Crippen LogP contribution in [0, 0.1) is 0 Å². The maximum atomic E-state index is 14.0. The summed E-state index contributed by atoms with van der Waals surface area (Å²) in [5.41, 5.74) is 3.77. The van der Waals surface area contributed by atoms with Gasteiger partial charge in [0.1, 0.15) is 19.0 Å². The Morgan fingerprint density at radius 3 is 2.34 bits per heavy atom. The number of allylic oxidation sites excluding steroid dienone is 3. The molecule has 230 valence electrons. The Balaban J connectivity index is 1.47. The van der Waals surface area contributed by atoms with E-state index in [-0.39, 0.29) is 42.8 Å². The summed E-state index contributed by atoms with van der Waals surface area (Å²) in [4.78, 5) is 27.7. The van der Waals surface area contributed by atoms with E-state index in [0.717, 1.165) is 11.3 Å². The molecule has 1 aliphatic heterocycles. The Labute approximate surface area is 257 Å². The van der Waals surface area contributed by atoms with Crippen molar-refractivity contribution in [2.24, 2.45) is 0 Å². The van der Waals surface area contributed by atoms with Crippen LogP contribution in [0.5, 0.6) is 28.7 Å². The summed E-state index contributed by atoms with van der Waals surface area (Å²) in [6.45, 7) is 4.17. The zero-order valence-electron chi connectivity index (χ0n) is 25.3. The van der Waals surface area contributed by atoms with E-state index in [0.29, 0.717) is 52.7 Å². The van der Waals surface area contributed by atoms with E-state index in [1.54, 1.807) is 26.4 Å². The normalized spacial score (nSPS) is 17.9. The number of benzene rings is 3. The van der Waals surface area contributed by atoms with Gasteiger partial charge in [0.25, 0.3) is 0 Å². The van der Waals surface area contributed by atoms with Gasteiger partial charge in [0.05, 0.1) is 26.4 Å². The highest BCUT2D eigenvalue weighted by Crippen LogP contribution is 2.47. The first kappa shape index (κ1) is 30.5. The average molecular weight is 600 g/mol. The molecule has 0 spiro atoms. The molecule has 2 unspecified atom stereocenters. The number of rotatable bonds is 11. The van der Waals surface area contributed by atoms with Crippen LogP contribution in [0.25, 0.3) is 0 Å². The number of ether oxygens (including phenoxy) is 5. The summed E-state index contributed by atoms with van der Waals surface area (Å²) in [5, 5.41) is 13.8. The molecule has 0 radical (unpaired) electrons. The lowest BCUT2D eigenvalue weighted by Gasteiger charge is -2.37. The van der Waals surface area contributed by atoms with Crippen molar-refractivity contribution in [3.8, 4) is 28.7 Å². The van der Waals surface area contributed by atoms with Crippen molar-refractivity contribution in [2.45, 2.75) is 38.5 Å². The van der Waals surface area contributed by atoms with Gasteiger partial charge in [-0.05, 0) is 73.7 Å². The van der Waals surface area contributed by atoms with Crippen LogP contribution in [0.1, 0.15) is 49.7 Å². The van der Waals surface area contributed by atoms with Gasteiger partial charge >= 0.3 is 5.97 Å². The SMILES string of the molecule is CCOc1cc(C2C(C(=O)OCCOc3ccccc3)=C(C)NC3=C2C(=O)CC(c2ccc(OC)c(OC)c2)C3)ccc1O. The molecule has 44 heavy (non-hydrogen) atoms. The first-order chi connectivity index (χ1) is 21.3. The van der Waals surface area contributed by atoms with Crippen LogP contribution in [0.15, 0.2) is 89.3 Å². The van der Waals surface area contributed by atoms with Gasteiger partial charge in [0, 0.05) is 29.3 Å². The number of phenolic OH excluding ortho intramolecular Hbond substituents is 1. The summed E-state index contributed by atoms with van der Waals surface area (Å²) in [6.07, 6.45) is 0.795. The standard InChI is InChI=1S/C35H37NO8/c1-5-42-30-20-23(11-13-27(30)37)33-32(35(39)44-16-15-43-25-9-7-6-8-10-25)21(2)36-26-17-24(18-28(38)34(26)33)22-12-14-29(40-3)31(19-22)41-4/h6-14,19-20,24,33,36-37H,5,15-18H2,1-4H3. The predicted molar refractivity (Wildman–Crippen MR) is 164 cm³/mol. The predicted octanol–water partition coefficient (Wildman–Crippen LogP) is 5.79. The Kier molecular flexibility index (Phi) is 9.43. The fourth-order valence-electron chi connectivity index (χ4n) is 5.86. The molecule has 1 heterocycles. The summed E-state index contributed by atoms with van der Waals surface area (Å²) in [7, 11) is 3.16. The van der Waals surface area contributed by atoms with E-state index < -0.39 is 11.9 Å². The van der Waals surface area contributed by atoms with Crippen LogP contribution in [-0.4, -0.2) is 50.9 Å². The number of hydrogen-bond acceptors (Lipinski definition) is 9. The second-order valence-electron chi connectivity index (χ2n) is 10.6. The van der Waals surface area contributed by atoms with Crippen LogP contribution in [-0.2, 0) is 14.3 Å². The molecule has 2 aliphatic rings. The van der Waals surface area contributed by atoms with Gasteiger partial charge in [0.15, 0.2) is 28.8 Å². The Morgan fingerprint density at radius 2 is 1.61 bits per heavy atom. The van der Waals surface area contributed by atoms with Crippen LogP contribution in [0.2, 0.25) is 0 Å². The molecule has 0 fully saturated rings. The molecule has 3 aromatic rings. The molecule has 0 bridgehead atoms. The summed E-state index contributed by atoms with van der Waals surface area (Å²) >= 11 is 0. The van der Waals surface area contributed by atoms with Crippen molar-refractivity contribution >= 4 is 11.8 Å². The third-order valence-corrected chi connectivity index (χ3v) is 7.87. The number of ketones is 1. The van der Waals surface area contributed by atoms with E-state index in [2.05, 4.69) is 5.32 Å². The fraction of sp³-hybridized carbons (Fsp3) is 0.314. The minimum atomic E-state index is -0.715. The molecule has 9 heteroatoms. The number of Topliss-reactive ketones (excluding diaryl/α,β-unsaturated/α-hetero) is 1. The second kappa shape index (κ2) is 13.6. The minimum Gasteiger partial charge on any atom is -0.504 e. The molecule has 2 atom stereocenters. The third kappa shape index (κ3) is 6.37. The number of carbonyl (C=O) groups is 2. The van der Waals surface area contributed by atoms with Gasteiger partial charge in [-0.2, -0.15) is 0 Å². The highest BCUT2D eigenvalue weighted by Gasteiger charge is 2.42.